The molecule has 10 heteroatoms. The van der Waals surface area contributed by atoms with Crippen molar-refractivity contribution >= 4 is 37.6 Å². The van der Waals surface area contributed by atoms with Crippen LogP contribution in [0.4, 0.5) is 5.82 Å². The van der Waals surface area contributed by atoms with Crippen molar-refractivity contribution in [1.82, 2.24) is 29.7 Å². The highest BCUT2D eigenvalue weighted by atomic mass is 32.2. The Kier molecular flexibility index (Phi) is 4.64. The first-order valence-corrected chi connectivity index (χ1v) is 11.1. The van der Waals surface area contributed by atoms with Crippen LogP contribution in [0.25, 0.3) is 33.1 Å². The van der Waals surface area contributed by atoms with Crippen LogP contribution < -0.4 is 10.5 Å². The van der Waals surface area contributed by atoms with Gasteiger partial charge in [-0.05, 0) is 24.3 Å². The number of nitrogens with one attached hydrogen (secondary N) is 2. The van der Waals surface area contributed by atoms with E-state index in [4.69, 9.17) is 5.73 Å². The van der Waals surface area contributed by atoms with E-state index in [0.717, 1.165) is 27.5 Å². The van der Waals surface area contributed by atoms with Gasteiger partial charge < -0.3 is 5.73 Å². The Morgan fingerprint density at radius 2 is 1.90 bits per heavy atom. The number of H-pyrrole nitrogens is 1. The van der Waals surface area contributed by atoms with Crippen LogP contribution in [0.3, 0.4) is 0 Å². The third kappa shape index (κ3) is 3.62. The molecule has 3 heterocycles. The summed E-state index contributed by atoms with van der Waals surface area (Å²) in [5.74, 6) is 0.324. The van der Waals surface area contributed by atoms with E-state index in [0.29, 0.717) is 17.9 Å². The molecule has 5 aromatic rings. The largest absolute Gasteiger partial charge is 0.382 e. The number of hydrogen-bond donors (Lipinski definition) is 3. The molecule has 4 N–H and O–H groups in total. The molecule has 0 unspecified atom stereocenters. The van der Waals surface area contributed by atoms with Gasteiger partial charge in [0.2, 0.25) is 10.0 Å². The molecule has 0 bridgehead atoms. The molecule has 0 aliphatic carbocycles. The van der Waals surface area contributed by atoms with Crippen LogP contribution >= 0.6 is 0 Å². The number of pyridine rings is 1. The van der Waals surface area contributed by atoms with Crippen LogP contribution in [-0.4, -0.2) is 39.9 Å². The number of aromatic amines is 1. The maximum Gasteiger partial charge on any atom is 0.240 e. The zero-order chi connectivity index (χ0) is 21.4. The lowest BCUT2D eigenvalue weighted by atomic mass is 10.1. The third-order valence-corrected chi connectivity index (χ3v) is 6.49. The maximum absolute atomic E-state index is 12.4. The zero-order valence-corrected chi connectivity index (χ0v) is 17.2. The van der Waals surface area contributed by atoms with Crippen LogP contribution in [0.15, 0.2) is 71.9 Å². The van der Waals surface area contributed by atoms with Gasteiger partial charge in [-0.3, -0.25) is 9.78 Å². The Morgan fingerprint density at radius 3 is 2.68 bits per heavy atom. The minimum atomic E-state index is -3.57. The second-order valence-electron chi connectivity index (χ2n) is 7.05. The maximum atomic E-state index is 12.4. The second kappa shape index (κ2) is 7.49. The summed E-state index contributed by atoms with van der Waals surface area (Å²) < 4.78 is 29.0. The monoisotopic (exact) mass is 433 g/mol. The number of nitrogen functional groups attached to an aromatic ring is 1. The zero-order valence-electron chi connectivity index (χ0n) is 16.4. The van der Waals surface area contributed by atoms with Gasteiger partial charge in [0.25, 0.3) is 0 Å². The standard InChI is InChI=1S/C21H19N7O2S/c22-21-20-17(16-7-6-14(12-19(16)25-21)18-8-9-23-26-18)13-28(27-20)11-10-24-31(29,30)15-4-2-1-3-5-15/h1-9,12-13,24H,10-11H2,(H2,22,25)(H,23,26). The highest BCUT2D eigenvalue weighted by molar-refractivity contribution is 7.89. The van der Waals surface area contributed by atoms with E-state index in [1.807, 2.05) is 30.5 Å². The summed E-state index contributed by atoms with van der Waals surface area (Å²) in [5.41, 5.74) is 9.25. The lowest BCUT2D eigenvalue weighted by Gasteiger charge is -2.06. The number of nitrogens with zero attached hydrogens (tertiary/aromatic N) is 4. The number of anilines is 1. The van der Waals surface area contributed by atoms with Gasteiger partial charge in [-0.25, -0.2) is 18.1 Å². The molecular formula is C21H19N7O2S. The summed E-state index contributed by atoms with van der Waals surface area (Å²) in [5, 5.41) is 13.3. The highest BCUT2D eigenvalue weighted by Crippen LogP contribution is 2.29. The summed E-state index contributed by atoms with van der Waals surface area (Å²) in [6.07, 6.45) is 3.63. The minimum absolute atomic E-state index is 0.194. The molecule has 9 nitrogen and oxygen atoms in total. The summed E-state index contributed by atoms with van der Waals surface area (Å²) in [7, 11) is -3.57. The van der Waals surface area contributed by atoms with Gasteiger partial charge in [0.15, 0.2) is 5.82 Å². The van der Waals surface area contributed by atoms with Gasteiger partial charge in [0.05, 0.1) is 22.7 Å². The normalized spacial score (nSPS) is 12.0. The van der Waals surface area contributed by atoms with Crippen molar-refractivity contribution in [3.05, 3.63) is 67.0 Å². The molecule has 0 fully saturated rings. The molecule has 0 aliphatic heterocycles. The molecule has 0 amide bonds. The SMILES string of the molecule is Nc1nc2cc(-c3cc[nH]n3)ccc2c2cn(CCNS(=O)(=O)c3ccccc3)nc12. The number of benzene rings is 2. The smallest absolute Gasteiger partial charge is 0.240 e. The van der Waals surface area contributed by atoms with Crippen molar-refractivity contribution in [3.63, 3.8) is 0 Å². The first-order valence-electron chi connectivity index (χ1n) is 9.62. The summed E-state index contributed by atoms with van der Waals surface area (Å²) >= 11 is 0. The number of hydrogen-bond acceptors (Lipinski definition) is 6. The third-order valence-electron chi connectivity index (χ3n) is 5.02. The fourth-order valence-electron chi connectivity index (χ4n) is 3.51. The molecular weight excluding hydrogens is 414 g/mol. The number of rotatable bonds is 6. The van der Waals surface area contributed by atoms with Crippen molar-refractivity contribution in [2.24, 2.45) is 0 Å². The Labute approximate surface area is 178 Å². The van der Waals surface area contributed by atoms with Crippen LogP contribution in [0.2, 0.25) is 0 Å². The molecule has 2 aromatic carbocycles. The Bertz CT molecular complexity index is 1480. The topological polar surface area (TPSA) is 132 Å². The van der Waals surface area contributed by atoms with E-state index in [9.17, 15) is 8.42 Å². The number of aromatic nitrogens is 5. The first kappa shape index (κ1) is 19.2. The second-order valence-corrected chi connectivity index (χ2v) is 8.82. The van der Waals surface area contributed by atoms with E-state index >= 15 is 0 Å². The fourth-order valence-corrected chi connectivity index (χ4v) is 4.56. The van der Waals surface area contributed by atoms with Crippen molar-refractivity contribution in [1.29, 1.82) is 0 Å². The van der Waals surface area contributed by atoms with E-state index in [1.165, 1.54) is 0 Å². The number of fused-ring (bicyclic) bond motifs is 3. The molecule has 5 rings (SSSR count). The van der Waals surface area contributed by atoms with Crippen LogP contribution in [0, 0.1) is 0 Å². The van der Waals surface area contributed by atoms with E-state index in [-0.39, 0.29) is 11.4 Å². The Hall–Kier alpha value is -3.76. The molecule has 156 valence electrons. The first-order chi connectivity index (χ1) is 15.0. The van der Waals surface area contributed by atoms with Crippen molar-refractivity contribution in [2.75, 3.05) is 12.3 Å². The van der Waals surface area contributed by atoms with Crippen LogP contribution in [0.5, 0.6) is 0 Å². The molecule has 0 spiro atoms. The van der Waals surface area contributed by atoms with Gasteiger partial charge in [-0.1, -0.05) is 30.3 Å². The molecule has 0 radical (unpaired) electrons. The lowest BCUT2D eigenvalue weighted by molar-refractivity contribution is 0.562. The van der Waals surface area contributed by atoms with E-state index in [2.05, 4.69) is 25.0 Å². The average Bonchev–Trinajstić information content (AvgIpc) is 3.45. The molecule has 0 aliphatic rings. The van der Waals surface area contributed by atoms with Gasteiger partial charge in [-0.2, -0.15) is 10.2 Å². The van der Waals surface area contributed by atoms with E-state index < -0.39 is 10.0 Å². The van der Waals surface area contributed by atoms with Crippen LogP contribution in [-0.2, 0) is 16.6 Å². The lowest BCUT2D eigenvalue weighted by Crippen LogP contribution is -2.27. The molecule has 0 atom stereocenters. The number of nitrogens with two attached hydrogens (primary N) is 1. The van der Waals surface area contributed by atoms with Gasteiger partial charge in [0, 0.05) is 35.3 Å². The number of sulfonamides is 1. The van der Waals surface area contributed by atoms with Crippen LogP contribution in [0.1, 0.15) is 0 Å². The predicted molar refractivity (Wildman–Crippen MR) is 119 cm³/mol. The summed E-state index contributed by atoms with van der Waals surface area (Å²) in [6, 6.07) is 16.0. The molecule has 0 saturated heterocycles. The molecule has 3 aromatic heterocycles. The van der Waals surface area contributed by atoms with Gasteiger partial charge >= 0.3 is 0 Å². The summed E-state index contributed by atoms with van der Waals surface area (Å²) in [4.78, 5) is 4.73. The minimum Gasteiger partial charge on any atom is -0.382 e. The Morgan fingerprint density at radius 1 is 1.06 bits per heavy atom. The van der Waals surface area contributed by atoms with Crippen molar-refractivity contribution < 1.29 is 8.42 Å². The molecule has 31 heavy (non-hydrogen) atoms. The average molecular weight is 433 g/mol. The fraction of sp³-hybridized carbons (Fsp3) is 0.0952. The predicted octanol–water partition coefficient (Wildman–Crippen LogP) is 2.54. The van der Waals surface area contributed by atoms with E-state index in [1.54, 1.807) is 41.2 Å². The van der Waals surface area contributed by atoms with Crippen molar-refractivity contribution in [3.8, 4) is 11.3 Å². The highest BCUT2D eigenvalue weighted by Gasteiger charge is 2.14. The van der Waals surface area contributed by atoms with Crippen molar-refractivity contribution in [2.45, 2.75) is 11.4 Å². The Balaban J connectivity index is 1.42. The molecule has 0 saturated carbocycles. The van der Waals surface area contributed by atoms with Gasteiger partial charge in [-0.15, -0.1) is 0 Å². The summed E-state index contributed by atoms with van der Waals surface area (Å²) in [6.45, 7) is 0.548. The quantitative estimate of drug-likeness (QED) is 0.377. The van der Waals surface area contributed by atoms with Gasteiger partial charge in [0.1, 0.15) is 5.52 Å².